The van der Waals surface area contributed by atoms with Gasteiger partial charge in [0.25, 0.3) is 0 Å². The number of carboxylic acid groups (broad SMARTS) is 1. The van der Waals surface area contributed by atoms with Gasteiger partial charge in [-0.1, -0.05) is 32.6 Å². The average molecular weight is 316 g/mol. The fraction of sp³-hybridized carbons (Fsp3) is 0.867. The smallest absolute Gasteiger partial charge is 0.314 e. The van der Waals surface area contributed by atoms with E-state index in [2.05, 4.69) is 16.9 Å². The summed E-state index contributed by atoms with van der Waals surface area (Å²) in [5.41, 5.74) is 0. The van der Waals surface area contributed by atoms with Gasteiger partial charge in [0, 0.05) is 17.8 Å². The normalized spacial score (nSPS) is 18.8. The van der Waals surface area contributed by atoms with Crippen molar-refractivity contribution < 1.29 is 14.7 Å². The molecule has 3 N–H and O–H groups in total. The third kappa shape index (κ3) is 6.16. The van der Waals surface area contributed by atoms with Crippen LogP contribution in [0.2, 0.25) is 0 Å². The first-order valence-corrected chi connectivity index (χ1v) is 9.05. The third-order valence-corrected chi connectivity index (χ3v) is 5.68. The number of thioether (sulfide) groups is 1. The van der Waals surface area contributed by atoms with Crippen molar-refractivity contribution in [2.24, 2.45) is 5.92 Å². The van der Waals surface area contributed by atoms with Gasteiger partial charge in [0.1, 0.15) is 0 Å². The SMILES string of the molecule is CCCC(CNC(=O)NCC1(SC)CCCCC1)C(=O)O. The highest BCUT2D eigenvalue weighted by molar-refractivity contribution is 8.00. The second kappa shape index (κ2) is 9.18. The topological polar surface area (TPSA) is 78.4 Å². The van der Waals surface area contributed by atoms with Crippen LogP contribution in [0.3, 0.4) is 0 Å². The van der Waals surface area contributed by atoms with Crippen molar-refractivity contribution >= 4 is 23.8 Å². The van der Waals surface area contributed by atoms with Gasteiger partial charge in [-0.05, 0) is 25.5 Å². The number of hydrogen-bond acceptors (Lipinski definition) is 3. The maximum absolute atomic E-state index is 11.9. The minimum Gasteiger partial charge on any atom is -0.481 e. The number of nitrogens with one attached hydrogen (secondary N) is 2. The molecule has 1 fully saturated rings. The summed E-state index contributed by atoms with van der Waals surface area (Å²) in [6.45, 7) is 2.80. The van der Waals surface area contributed by atoms with Crippen LogP contribution in [0.5, 0.6) is 0 Å². The molecule has 21 heavy (non-hydrogen) atoms. The van der Waals surface area contributed by atoms with Crippen LogP contribution < -0.4 is 10.6 Å². The van der Waals surface area contributed by atoms with E-state index in [1.54, 1.807) is 0 Å². The van der Waals surface area contributed by atoms with Gasteiger partial charge in [0.2, 0.25) is 0 Å². The van der Waals surface area contributed by atoms with E-state index in [0.717, 1.165) is 19.3 Å². The minimum absolute atomic E-state index is 0.158. The van der Waals surface area contributed by atoms with Crippen LogP contribution >= 0.6 is 11.8 Å². The molecule has 0 heterocycles. The van der Waals surface area contributed by atoms with Crippen LogP contribution in [0.4, 0.5) is 4.79 Å². The maximum atomic E-state index is 11.9. The molecule has 1 aliphatic rings. The van der Waals surface area contributed by atoms with Crippen molar-refractivity contribution in [3.8, 4) is 0 Å². The van der Waals surface area contributed by atoms with Crippen molar-refractivity contribution in [2.45, 2.75) is 56.6 Å². The summed E-state index contributed by atoms with van der Waals surface area (Å²) >= 11 is 1.84. The first-order valence-electron chi connectivity index (χ1n) is 7.82. The summed E-state index contributed by atoms with van der Waals surface area (Å²) in [7, 11) is 0. The molecule has 0 saturated heterocycles. The predicted molar refractivity (Wildman–Crippen MR) is 86.8 cm³/mol. The van der Waals surface area contributed by atoms with Crippen molar-refractivity contribution in [3.63, 3.8) is 0 Å². The predicted octanol–water partition coefficient (Wildman–Crippen LogP) is 2.85. The van der Waals surface area contributed by atoms with Crippen LogP contribution in [-0.2, 0) is 4.79 Å². The van der Waals surface area contributed by atoms with E-state index < -0.39 is 11.9 Å². The summed E-state index contributed by atoms with van der Waals surface area (Å²) < 4.78 is 0.158. The van der Waals surface area contributed by atoms with E-state index in [1.165, 1.54) is 19.3 Å². The number of aliphatic carboxylic acids is 1. The number of urea groups is 1. The standard InChI is InChI=1S/C15H28N2O3S/c1-3-7-12(13(18)19)10-16-14(20)17-11-15(21-2)8-5-4-6-9-15/h12H,3-11H2,1-2H3,(H,18,19)(H2,16,17,20). The highest BCUT2D eigenvalue weighted by Gasteiger charge is 2.31. The second-order valence-corrected chi connectivity index (χ2v) is 7.11. The Morgan fingerprint density at radius 2 is 1.90 bits per heavy atom. The van der Waals surface area contributed by atoms with Gasteiger partial charge in [-0.3, -0.25) is 4.79 Å². The Kier molecular flexibility index (Phi) is 7.93. The lowest BCUT2D eigenvalue weighted by molar-refractivity contribution is -0.141. The molecule has 0 aliphatic heterocycles. The molecule has 0 aromatic rings. The number of hydrogen-bond donors (Lipinski definition) is 3. The first-order chi connectivity index (χ1) is 10.0. The van der Waals surface area contributed by atoms with E-state index >= 15 is 0 Å². The van der Waals surface area contributed by atoms with Crippen molar-refractivity contribution in [2.75, 3.05) is 19.3 Å². The Morgan fingerprint density at radius 3 is 2.43 bits per heavy atom. The molecule has 5 nitrogen and oxygen atoms in total. The van der Waals surface area contributed by atoms with Crippen LogP contribution in [-0.4, -0.2) is 41.2 Å². The molecule has 0 bridgehead atoms. The van der Waals surface area contributed by atoms with Gasteiger partial charge < -0.3 is 15.7 Å². The fourth-order valence-corrected chi connectivity index (χ4v) is 3.74. The van der Waals surface area contributed by atoms with Gasteiger partial charge in [-0.15, -0.1) is 0 Å². The zero-order valence-corrected chi connectivity index (χ0v) is 13.9. The lowest BCUT2D eigenvalue weighted by Gasteiger charge is -2.35. The van der Waals surface area contributed by atoms with E-state index in [0.29, 0.717) is 13.0 Å². The third-order valence-electron chi connectivity index (χ3n) is 4.26. The maximum Gasteiger partial charge on any atom is 0.314 e. The number of amides is 2. The van der Waals surface area contributed by atoms with Gasteiger partial charge in [-0.2, -0.15) is 11.8 Å². The van der Waals surface area contributed by atoms with Crippen LogP contribution in [0.1, 0.15) is 51.9 Å². The fourth-order valence-electron chi connectivity index (χ4n) is 2.83. The highest BCUT2D eigenvalue weighted by Crippen LogP contribution is 2.37. The Balaban J connectivity index is 2.34. The van der Waals surface area contributed by atoms with Gasteiger partial charge in [-0.25, -0.2) is 4.79 Å². The van der Waals surface area contributed by atoms with Crippen molar-refractivity contribution in [1.82, 2.24) is 10.6 Å². The Bertz CT molecular complexity index is 344. The quantitative estimate of drug-likeness (QED) is 0.643. The number of rotatable bonds is 8. The summed E-state index contributed by atoms with van der Waals surface area (Å²) in [6.07, 6.45) is 9.51. The number of carbonyl (C=O) groups excluding carboxylic acids is 1. The number of carbonyl (C=O) groups is 2. The largest absolute Gasteiger partial charge is 0.481 e. The Morgan fingerprint density at radius 1 is 1.24 bits per heavy atom. The molecular formula is C15H28N2O3S. The molecular weight excluding hydrogens is 288 g/mol. The summed E-state index contributed by atoms with van der Waals surface area (Å²) in [5.74, 6) is -1.34. The van der Waals surface area contributed by atoms with Crippen molar-refractivity contribution in [3.05, 3.63) is 0 Å². The van der Waals surface area contributed by atoms with Crippen LogP contribution in [0.15, 0.2) is 0 Å². The first kappa shape index (κ1) is 18.1. The molecule has 122 valence electrons. The lowest BCUT2D eigenvalue weighted by atomic mass is 9.88. The molecule has 6 heteroatoms. The second-order valence-electron chi connectivity index (χ2n) is 5.84. The summed E-state index contributed by atoms with van der Waals surface area (Å²) in [4.78, 5) is 22.9. The van der Waals surface area contributed by atoms with Crippen molar-refractivity contribution in [1.29, 1.82) is 0 Å². The molecule has 1 aliphatic carbocycles. The van der Waals surface area contributed by atoms with Gasteiger partial charge in [0.05, 0.1) is 5.92 Å². The molecule has 1 rings (SSSR count). The molecule has 1 unspecified atom stereocenters. The molecule has 0 radical (unpaired) electrons. The van der Waals surface area contributed by atoms with E-state index in [-0.39, 0.29) is 17.3 Å². The Labute approximate surface area is 131 Å². The molecule has 1 saturated carbocycles. The number of carboxylic acids is 1. The van der Waals surface area contributed by atoms with Gasteiger partial charge in [0.15, 0.2) is 0 Å². The zero-order valence-electron chi connectivity index (χ0n) is 13.1. The Hall–Kier alpha value is -0.910. The molecule has 0 spiro atoms. The molecule has 2 amide bonds. The van der Waals surface area contributed by atoms with E-state index in [4.69, 9.17) is 5.11 Å². The summed E-state index contributed by atoms with van der Waals surface area (Å²) in [6, 6.07) is -0.253. The molecule has 0 aromatic heterocycles. The summed E-state index contributed by atoms with van der Waals surface area (Å²) in [5, 5.41) is 14.7. The van der Waals surface area contributed by atoms with E-state index in [1.807, 2.05) is 18.7 Å². The molecule has 0 aromatic carbocycles. The lowest BCUT2D eigenvalue weighted by Crippen LogP contribution is -2.46. The highest BCUT2D eigenvalue weighted by atomic mass is 32.2. The minimum atomic E-state index is -0.843. The average Bonchev–Trinajstić information content (AvgIpc) is 2.50. The monoisotopic (exact) mass is 316 g/mol. The van der Waals surface area contributed by atoms with Crippen LogP contribution in [0.25, 0.3) is 0 Å². The van der Waals surface area contributed by atoms with Gasteiger partial charge >= 0.3 is 12.0 Å². The van der Waals surface area contributed by atoms with E-state index in [9.17, 15) is 9.59 Å². The zero-order chi connectivity index (χ0) is 15.7. The van der Waals surface area contributed by atoms with Crippen LogP contribution in [0, 0.1) is 5.92 Å². The molecule has 1 atom stereocenters.